The van der Waals surface area contributed by atoms with Gasteiger partial charge in [-0.1, -0.05) is 0 Å². The Hall–Kier alpha value is -1.38. The number of piperidine rings is 1. The number of ether oxygens (including phenoxy) is 1. The standard InChI is InChI=1S/C19H33N5O3/c1-21(2)15-3-8-22(13-15)11-12-24-14-18(27-17(24)26)6-9-23(10-7-18)16(25)19(20)4-5-19/h15H,3-14,20H2,1-2H3/t15-/m1/s1. The summed E-state index contributed by atoms with van der Waals surface area (Å²) in [6, 6.07) is 0.612. The van der Waals surface area contributed by atoms with Gasteiger partial charge in [0.1, 0.15) is 5.60 Å². The molecule has 27 heavy (non-hydrogen) atoms. The minimum atomic E-state index is -0.608. The Morgan fingerprint density at radius 3 is 2.48 bits per heavy atom. The summed E-state index contributed by atoms with van der Waals surface area (Å²) in [7, 11) is 4.26. The summed E-state index contributed by atoms with van der Waals surface area (Å²) in [6.45, 7) is 5.69. The molecule has 0 bridgehead atoms. The second-order valence-corrected chi connectivity index (χ2v) is 9.13. The van der Waals surface area contributed by atoms with Crippen molar-refractivity contribution in [1.82, 2.24) is 19.6 Å². The molecule has 1 aliphatic carbocycles. The van der Waals surface area contributed by atoms with E-state index in [0.29, 0.717) is 38.5 Å². The second kappa shape index (κ2) is 6.90. The lowest BCUT2D eigenvalue weighted by atomic mass is 9.91. The fourth-order valence-electron chi connectivity index (χ4n) is 4.60. The molecule has 3 aliphatic heterocycles. The van der Waals surface area contributed by atoms with Crippen LogP contribution >= 0.6 is 0 Å². The molecule has 0 aromatic carbocycles. The van der Waals surface area contributed by atoms with E-state index in [0.717, 1.165) is 39.0 Å². The zero-order valence-electron chi connectivity index (χ0n) is 16.7. The number of carbonyl (C=O) groups excluding carboxylic acids is 2. The summed E-state index contributed by atoms with van der Waals surface area (Å²) in [6.07, 6.45) is 4.00. The van der Waals surface area contributed by atoms with Crippen LogP contribution in [0.2, 0.25) is 0 Å². The average molecular weight is 380 g/mol. The quantitative estimate of drug-likeness (QED) is 0.720. The first kappa shape index (κ1) is 19.0. The van der Waals surface area contributed by atoms with Crippen molar-refractivity contribution in [2.24, 2.45) is 5.73 Å². The molecule has 8 heteroatoms. The minimum Gasteiger partial charge on any atom is -0.441 e. The van der Waals surface area contributed by atoms with Crippen LogP contribution < -0.4 is 5.73 Å². The smallest absolute Gasteiger partial charge is 0.410 e. The first-order valence-corrected chi connectivity index (χ1v) is 10.3. The Balaban J connectivity index is 1.25. The largest absolute Gasteiger partial charge is 0.441 e. The van der Waals surface area contributed by atoms with Crippen molar-refractivity contribution in [2.45, 2.75) is 49.3 Å². The molecular formula is C19H33N5O3. The Kier molecular flexibility index (Phi) is 4.84. The summed E-state index contributed by atoms with van der Waals surface area (Å²) >= 11 is 0. The van der Waals surface area contributed by atoms with Crippen LogP contribution in [0.5, 0.6) is 0 Å². The molecule has 152 valence electrons. The molecule has 8 nitrogen and oxygen atoms in total. The molecule has 1 atom stereocenters. The van der Waals surface area contributed by atoms with Crippen molar-refractivity contribution < 1.29 is 14.3 Å². The Bertz CT molecular complexity index is 598. The number of likely N-dealkylation sites (N-methyl/N-ethyl adjacent to an activating group) is 1. The number of likely N-dealkylation sites (tertiary alicyclic amines) is 2. The van der Waals surface area contributed by atoms with Gasteiger partial charge in [-0.2, -0.15) is 0 Å². The van der Waals surface area contributed by atoms with Crippen LogP contribution in [-0.4, -0.2) is 109 Å². The monoisotopic (exact) mass is 379 g/mol. The van der Waals surface area contributed by atoms with E-state index in [4.69, 9.17) is 10.5 Å². The van der Waals surface area contributed by atoms with E-state index in [1.54, 1.807) is 0 Å². The third kappa shape index (κ3) is 3.79. The fraction of sp³-hybridized carbons (Fsp3) is 0.895. The zero-order valence-corrected chi connectivity index (χ0v) is 16.7. The lowest BCUT2D eigenvalue weighted by Gasteiger charge is -2.38. The highest BCUT2D eigenvalue weighted by Gasteiger charge is 2.52. The van der Waals surface area contributed by atoms with E-state index in [1.165, 1.54) is 6.42 Å². The summed E-state index contributed by atoms with van der Waals surface area (Å²) in [5.74, 6) is 0.0722. The number of nitrogens with zero attached hydrogens (tertiary/aromatic N) is 4. The summed E-state index contributed by atoms with van der Waals surface area (Å²) in [5, 5.41) is 0. The summed E-state index contributed by atoms with van der Waals surface area (Å²) in [4.78, 5) is 33.2. The zero-order chi connectivity index (χ0) is 19.2. The molecular weight excluding hydrogens is 346 g/mol. The molecule has 1 spiro atoms. The van der Waals surface area contributed by atoms with Crippen molar-refractivity contribution in [1.29, 1.82) is 0 Å². The van der Waals surface area contributed by atoms with Gasteiger partial charge in [0.2, 0.25) is 5.91 Å². The van der Waals surface area contributed by atoms with E-state index in [2.05, 4.69) is 23.9 Å². The topological polar surface area (TPSA) is 82.3 Å². The van der Waals surface area contributed by atoms with Crippen LogP contribution in [0.3, 0.4) is 0 Å². The molecule has 1 saturated carbocycles. The maximum Gasteiger partial charge on any atom is 0.410 e. The van der Waals surface area contributed by atoms with E-state index in [1.807, 2.05) is 9.80 Å². The van der Waals surface area contributed by atoms with Crippen LogP contribution in [0.4, 0.5) is 4.79 Å². The molecule has 0 radical (unpaired) electrons. The Morgan fingerprint density at radius 2 is 1.89 bits per heavy atom. The predicted octanol–water partition coefficient (Wildman–Crippen LogP) is -0.0730. The van der Waals surface area contributed by atoms with Crippen molar-refractivity contribution in [3.63, 3.8) is 0 Å². The number of nitrogens with two attached hydrogens (primary N) is 1. The lowest BCUT2D eigenvalue weighted by molar-refractivity contribution is -0.137. The molecule has 4 aliphatic rings. The molecule has 0 unspecified atom stereocenters. The maximum absolute atomic E-state index is 12.4. The summed E-state index contributed by atoms with van der Waals surface area (Å²) < 4.78 is 5.80. The Morgan fingerprint density at radius 1 is 1.19 bits per heavy atom. The van der Waals surface area contributed by atoms with E-state index < -0.39 is 11.1 Å². The first-order chi connectivity index (χ1) is 12.8. The van der Waals surface area contributed by atoms with Crippen molar-refractivity contribution in [3.05, 3.63) is 0 Å². The Labute approximate surface area is 161 Å². The van der Waals surface area contributed by atoms with Crippen LogP contribution in [0, 0.1) is 0 Å². The van der Waals surface area contributed by atoms with Gasteiger partial charge in [-0.3, -0.25) is 9.69 Å². The van der Waals surface area contributed by atoms with E-state index in [9.17, 15) is 9.59 Å². The highest BCUT2D eigenvalue weighted by molar-refractivity contribution is 5.89. The molecule has 2 amide bonds. The fourth-order valence-corrected chi connectivity index (χ4v) is 4.60. The number of amides is 2. The van der Waals surface area contributed by atoms with Crippen LogP contribution in [0.1, 0.15) is 32.1 Å². The number of hydrogen-bond donors (Lipinski definition) is 1. The van der Waals surface area contributed by atoms with Gasteiger partial charge in [0.15, 0.2) is 0 Å². The average Bonchev–Trinajstić information content (AvgIpc) is 3.09. The molecule has 3 saturated heterocycles. The third-order valence-electron chi connectivity index (χ3n) is 6.88. The second-order valence-electron chi connectivity index (χ2n) is 9.13. The summed E-state index contributed by atoms with van der Waals surface area (Å²) in [5.41, 5.74) is 5.02. The van der Waals surface area contributed by atoms with Gasteiger partial charge in [-0.25, -0.2) is 4.79 Å². The highest BCUT2D eigenvalue weighted by atomic mass is 16.6. The van der Waals surface area contributed by atoms with Gasteiger partial charge in [-0.15, -0.1) is 0 Å². The van der Waals surface area contributed by atoms with Gasteiger partial charge in [-0.05, 0) is 39.9 Å². The van der Waals surface area contributed by atoms with Crippen LogP contribution in [0.15, 0.2) is 0 Å². The molecule has 4 rings (SSSR count). The molecule has 4 fully saturated rings. The van der Waals surface area contributed by atoms with Gasteiger partial charge in [0, 0.05) is 51.6 Å². The number of carbonyl (C=O) groups is 2. The van der Waals surface area contributed by atoms with Crippen LogP contribution in [-0.2, 0) is 9.53 Å². The highest BCUT2D eigenvalue weighted by Crippen LogP contribution is 2.38. The predicted molar refractivity (Wildman–Crippen MR) is 101 cm³/mol. The number of rotatable bonds is 5. The lowest BCUT2D eigenvalue weighted by Crippen LogP contribution is -2.53. The van der Waals surface area contributed by atoms with Crippen molar-refractivity contribution >= 4 is 12.0 Å². The van der Waals surface area contributed by atoms with E-state index >= 15 is 0 Å². The van der Waals surface area contributed by atoms with Gasteiger partial charge in [0.05, 0.1) is 12.1 Å². The normalized spacial score (nSPS) is 29.6. The van der Waals surface area contributed by atoms with Crippen molar-refractivity contribution in [3.8, 4) is 0 Å². The van der Waals surface area contributed by atoms with Gasteiger partial charge in [0.25, 0.3) is 0 Å². The molecule has 3 heterocycles. The SMILES string of the molecule is CN(C)[C@@H]1CCN(CCN2CC3(CCN(C(=O)C4(N)CC4)CC3)OC2=O)C1. The first-order valence-electron chi connectivity index (χ1n) is 10.3. The third-order valence-corrected chi connectivity index (χ3v) is 6.88. The maximum atomic E-state index is 12.4. The van der Waals surface area contributed by atoms with Gasteiger partial charge < -0.3 is 25.2 Å². The molecule has 0 aromatic heterocycles. The minimum absolute atomic E-state index is 0.0722. The van der Waals surface area contributed by atoms with Gasteiger partial charge >= 0.3 is 6.09 Å². The van der Waals surface area contributed by atoms with E-state index in [-0.39, 0.29) is 12.0 Å². The molecule has 2 N–H and O–H groups in total. The number of hydrogen-bond acceptors (Lipinski definition) is 6. The van der Waals surface area contributed by atoms with Crippen LogP contribution in [0.25, 0.3) is 0 Å². The van der Waals surface area contributed by atoms with Crippen molar-refractivity contribution in [2.75, 3.05) is 59.9 Å². The molecule has 0 aromatic rings.